The van der Waals surface area contributed by atoms with Gasteiger partial charge in [0, 0.05) is 12.2 Å². The zero-order valence-corrected chi connectivity index (χ0v) is 11.8. The van der Waals surface area contributed by atoms with Gasteiger partial charge in [0.1, 0.15) is 6.04 Å². The Balaban J connectivity index is 2.07. The predicted molar refractivity (Wildman–Crippen MR) is 76.9 cm³/mol. The molecule has 2 rings (SSSR count). The molecule has 108 valence electrons. The molecule has 1 aliphatic rings. The van der Waals surface area contributed by atoms with Crippen LogP contribution in [0.3, 0.4) is 0 Å². The number of fused-ring (bicyclic) bond motifs is 1. The number of rotatable bonds is 4. The van der Waals surface area contributed by atoms with E-state index in [1.165, 1.54) is 0 Å². The lowest BCUT2D eigenvalue weighted by molar-refractivity contribution is -0.139. The van der Waals surface area contributed by atoms with E-state index in [0.29, 0.717) is 13.0 Å². The Labute approximate surface area is 118 Å². The zero-order valence-electron chi connectivity index (χ0n) is 11.8. The standard InChI is InChI=1S/C15H20N2O3/c1-10(2)9-12(14(18)19)16-15(20)17-8-7-11-5-3-4-6-13(11)17/h3-6,10,12H,7-9H2,1-2H3,(H,16,20)(H,18,19)/t12-/m1/s1. The molecule has 0 fully saturated rings. The van der Waals surface area contributed by atoms with Gasteiger partial charge in [-0.15, -0.1) is 0 Å². The highest BCUT2D eigenvalue weighted by atomic mass is 16.4. The smallest absolute Gasteiger partial charge is 0.326 e. The molecule has 2 amide bonds. The van der Waals surface area contributed by atoms with Crippen LogP contribution >= 0.6 is 0 Å². The van der Waals surface area contributed by atoms with Gasteiger partial charge in [0.25, 0.3) is 0 Å². The van der Waals surface area contributed by atoms with E-state index in [1.54, 1.807) is 4.90 Å². The number of amides is 2. The molecule has 0 bridgehead atoms. The van der Waals surface area contributed by atoms with Gasteiger partial charge in [-0.1, -0.05) is 32.0 Å². The number of benzene rings is 1. The van der Waals surface area contributed by atoms with Crippen LogP contribution in [0.2, 0.25) is 0 Å². The van der Waals surface area contributed by atoms with Crippen molar-refractivity contribution in [2.24, 2.45) is 5.92 Å². The van der Waals surface area contributed by atoms with Crippen molar-refractivity contribution >= 4 is 17.7 Å². The Hall–Kier alpha value is -2.04. The van der Waals surface area contributed by atoms with Crippen LogP contribution in [0.5, 0.6) is 0 Å². The zero-order chi connectivity index (χ0) is 14.7. The van der Waals surface area contributed by atoms with E-state index >= 15 is 0 Å². The van der Waals surface area contributed by atoms with Gasteiger partial charge >= 0.3 is 12.0 Å². The molecule has 0 aromatic heterocycles. The van der Waals surface area contributed by atoms with Gasteiger partial charge in [0.05, 0.1) is 0 Å². The Morgan fingerprint density at radius 3 is 2.70 bits per heavy atom. The van der Waals surface area contributed by atoms with E-state index in [9.17, 15) is 14.7 Å². The highest BCUT2D eigenvalue weighted by Crippen LogP contribution is 2.27. The normalized spacial score (nSPS) is 15.1. The summed E-state index contributed by atoms with van der Waals surface area (Å²) in [4.78, 5) is 25.1. The molecule has 1 aromatic rings. The van der Waals surface area contributed by atoms with E-state index in [2.05, 4.69) is 5.32 Å². The fraction of sp³-hybridized carbons (Fsp3) is 0.467. The average molecular weight is 276 g/mol. The maximum Gasteiger partial charge on any atom is 0.326 e. The number of anilines is 1. The van der Waals surface area contributed by atoms with E-state index in [4.69, 9.17) is 0 Å². The number of carboxylic acid groups (broad SMARTS) is 1. The van der Waals surface area contributed by atoms with Crippen LogP contribution in [0.1, 0.15) is 25.8 Å². The number of hydrogen-bond acceptors (Lipinski definition) is 2. The van der Waals surface area contributed by atoms with Crippen molar-refractivity contribution in [3.8, 4) is 0 Å². The third kappa shape index (κ3) is 3.10. The van der Waals surface area contributed by atoms with Crippen molar-refractivity contribution in [2.45, 2.75) is 32.7 Å². The van der Waals surface area contributed by atoms with Crippen molar-refractivity contribution in [1.82, 2.24) is 5.32 Å². The Morgan fingerprint density at radius 1 is 1.35 bits per heavy atom. The molecule has 5 nitrogen and oxygen atoms in total. The summed E-state index contributed by atoms with van der Waals surface area (Å²) in [5, 5.41) is 11.8. The first kappa shape index (κ1) is 14.4. The topological polar surface area (TPSA) is 69.6 Å². The molecule has 0 radical (unpaired) electrons. The van der Waals surface area contributed by atoms with Crippen LogP contribution in [0.15, 0.2) is 24.3 Å². The summed E-state index contributed by atoms with van der Waals surface area (Å²) < 4.78 is 0. The maximum absolute atomic E-state index is 12.3. The van der Waals surface area contributed by atoms with Gasteiger partial charge in [-0.05, 0) is 30.4 Å². The van der Waals surface area contributed by atoms with Crippen LogP contribution in [0.4, 0.5) is 10.5 Å². The molecule has 1 heterocycles. The van der Waals surface area contributed by atoms with Gasteiger partial charge in [0.15, 0.2) is 0 Å². The number of para-hydroxylation sites is 1. The van der Waals surface area contributed by atoms with E-state index in [-0.39, 0.29) is 11.9 Å². The molecule has 0 aliphatic carbocycles. The Kier molecular flexibility index (Phi) is 4.27. The molecule has 1 atom stereocenters. The number of carboxylic acids is 1. The van der Waals surface area contributed by atoms with E-state index in [1.807, 2.05) is 38.1 Å². The second-order valence-electron chi connectivity index (χ2n) is 5.50. The minimum absolute atomic E-state index is 0.210. The summed E-state index contributed by atoms with van der Waals surface area (Å²) in [6.07, 6.45) is 1.24. The summed E-state index contributed by atoms with van der Waals surface area (Å²) in [6, 6.07) is 6.54. The van der Waals surface area contributed by atoms with E-state index < -0.39 is 12.0 Å². The Morgan fingerprint density at radius 2 is 2.05 bits per heavy atom. The fourth-order valence-corrected chi connectivity index (χ4v) is 2.47. The fourth-order valence-electron chi connectivity index (χ4n) is 2.47. The van der Waals surface area contributed by atoms with Crippen molar-refractivity contribution in [3.05, 3.63) is 29.8 Å². The first-order valence-corrected chi connectivity index (χ1v) is 6.87. The number of urea groups is 1. The average Bonchev–Trinajstić information content (AvgIpc) is 2.81. The van der Waals surface area contributed by atoms with Gasteiger partial charge in [0.2, 0.25) is 0 Å². The third-order valence-corrected chi connectivity index (χ3v) is 3.44. The van der Waals surface area contributed by atoms with Gasteiger partial charge < -0.3 is 10.4 Å². The molecule has 20 heavy (non-hydrogen) atoms. The van der Waals surface area contributed by atoms with Crippen LogP contribution in [0, 0.1) is 5.92 Å². The van der Waals surface area contributed by atoms with Crippen molar-refractivity contribution in [3.63, 3.8) is 0 Å². The van der Waals surface area contributed by atoms with Crippen LogP contribution in [0.25, 0.3) is 0 Å². The summed E-state index contributed by atoms with van der Waals surface area (Å²) in [5.74, 6) is -0.776. The van der Waals surface area contributed by atoms with Crippen molar-refractivity contribution in [2.75, 3.05) is 11.4 Å². The number of carbonyl (C=O) groups is 2. The molecular formula is C15H20N2O3. The maximum atomic E-state index is 12.3. The first-order valence-electron chi connectivity index (χ1n) is 6.87. The number of hydrogen-bond donors (Lipinski definition) is 2. The number of aliphatic carboxylic acids is 1. The first-order chi connectivity index (χ1) is 9.49. The summed E-state index contributed by atoms with van der Waals surface area (Å²) in [6.45, 7) is 4.47. The SMILES string of the molecule is CC(C)C[C@@H](NC(=O)N1CCc2ccccc21)C(=O)O. The largest absolute Gasteiger partial charge is 0.480 e. The molecule has 0 saturated carbocycles. The summed E-state index contributed by atoms with van der Waals surface area (Å²) in [5.41, 5.74) is 2.00. The number of nitrogens with zero attached hydrogens (tertiary/aromatic N) is 1. The molecule has 0 unspecified atom stereocenters. The third-order valence-electron chi connectivity index (χ3n) is 3.44. The summed E-state index contributed by atoms with van der Waals surface area (Å²) in [7, 11) is 0. The van der Waals surface area contributed by atoms with E-state index in [0.717, 1.165) is 17.7 Å². The molecule has 1 aromatic carbocycles. The second kappa shape index (κ2) is 5.94. The summed E-state index contributed by atoms with van der Waals surface area (Å²) >= 11 is 0. The second-order valence-corrected chi connectivity index (χ2v) is 5.50. The molecular weight excluding hydrogens is 256 g/mol. The lowest BCUT2D eigenvalue weighted by Crippen LogP contribution is -2.48. The lowest BCUT2D eigenvalue weighted by Gasteiger charge is -2.22. The molecule has 5 heteroatoms. The van der Waals surface area contributed by atoms with Crippen LogP contribution in [-0.2, 0) is 11.2 Å². The van der Waals surface area contributed by atoms with Gasteiger partial charge in [-0.3, -0.25) is 4.90 Å². The number of nitrogens with one attached hydrogen (secondary N) is 1. The molecule has 0 saturated heterocycles. The molecule has 0 spiro atoms. The quantitative estimate of drug-likeness (QED) is 0.886. The highest BCUT2D eigenvalue weighted by molar-refractivity contribution is 5.96. The predicted octanol–water partition coefficient (Wildman–Crippen LogP) is 2.26. The highest BCUT2D eigenvalue weighted by Gasteiger charge is 2.28. The van der Waals surface area contributed by atoms with Crippen LogP contribution in [-0.4, -0.2) is 29.7 Å². The Bertz CT molecular complexity index is 514. The minimum atomic E-state index is -0.987. The molecule has 1 aliphatic heterocycles. The monoisotopic (exact) mass is 276 g/mol. The van der Waals surface area contributed by atoms with Crippen molar-refractivity contribution in [1.29, 1.82) is 0 Å². The van der Waals surface area contributed by atoms with Crippen LogP contribution < -0.4 is 10.2 Å². The van der Waals surface area contributed by atoms with Gasteiger partial charge in [-0.25, -0.2) is 9.59 Å². The lowest BCUT2D eigenvalue weighted by atomic mass is 10.0. The number of carbonyl (C=O) groups excluding carboxylic acids is 1. The minimum Gasteiger partial charge on any atom is -0.480 e. The van der Waals surface area contributed by atoms with Gasteiger partial charge in [-0.2, -0.15) is 0 Å². The van der Waals surface area contributed by atoms with Crippen molar-refractivity contribution < 1.29 is 14.7 Å². The molecule has 2 N–H and O–H groups in total.